The van der Waals surface area contributed by atoms with E-state index in [0.717, 1.165) is 16.7 Å². The summed E-state index contributed by atoms with van der Waals surface area (Å²) in [6.07, 6.45) is -2.14. The minimum absolute atomic E-state index is 0.00322. The summed E-state index contributed by atoms with van der Waals surface area (Å²) in [7, 11) is 0. The van der Waals surface area contributed by atoms with Gasteiger partial charge in [-0.15, -0.1) is 0 Å². The van der Waals surface area contributed by atoms with Crippen LogP contribution in [0.4, 0.5) is 9.59 Å². The van der Waals surface area contributed by atoms with Crippen molar-refractivity contribution in [2.24, 2.45) is 17.6 Å². The Morgan fingerprint density at radius 2 is 0.897 bits per heavy atom. The summed E-state index contributed by atoms with van der Waals surface area (Å²) in [4.78, 5) is 166. The lowest BCUT2D eigenvalue weighted by Crippen LogP contribution is -2.61. The Hall–Kier alpha value is -11.5. The van der Waals surface area contributed by atoms with E-state index < -0.39 is 158 Å². The number of amides is 10. The van der Waals surface area contributed by atoms with Crippen LogP contribution in [0.5, 0.6) is 5.75 Å². The highest BCUT2D eigenvalue weighted by Gasteiger charge is 2.37. The predicted octanol–water partition coefficient (Wildman–Crippen LogP) is 6.68. The quantitative estimate of drug-likeness (QED) is 0.00826. The van der Waals surface area contributed by atoms with Gasteiger partial charge in [-0.05, 0) is 105 Å². The van der Waals surface area contributed by atoms with E-state index in [1.807, 2.05) is 48.5 Å². The van der Waals surface area contributed by atoms with Gasteiger partial charge in [-0.1, -0.05) is 191 Å². The number of carbonyl (C=O) groups excluding carboxylic acids is 12. The fourth-order valence-corrected chi connectivity index (χ4v) is 10.8. The SMILES string of the molecule is CC(C)C[C@H](NC(=O)[C@@H](NC(=O)[C@H](CCC(N)=O)NC(=O)[C@H](COCc1ccccc1)NC(=O)[C@H](Cc1ccc(OCc2ccccc2)cc1)NC(=O)OC(C)(C)C)C(C)C)C(=O)N[C@@H](Cc1ccccc1)C(=O)N[C@@H](CCCCNC(=O)OCc1ccccc1)C(=O)NCC(=O)OCC(=O)c1ccccc1. The maximum atomic E-state index is 14.8. The van der Waals surface area contributed by atoms with E-state index >= 15 is 0 Å². The molecule has 0 bridgehead atoms. The van der Waals surface area contributed by atoms with Crippen LogP contribution in [0, 0.1) is 11.8 Å². The number of hydrogen-bond acceptors (Lipinski definition) is 17. The van der Waals surface area contributed by atoms with Crippen molar-refractivity contribution in [2.75, 3.05) is 26.3 Å². The van der Waals surface area contributed by atoms with E-state index in [9.17, 15) is 57.5 Å². The topological polar surface area (TPSA) is 385 Å². The molecule has 107 heavy (non-hydrogen) atoms. The predicted molar refractivity (Wildman–Crippen MR) is 398 cm³/mol. The molecule has 27 nitrogen and oxygen atoms in total. The monoisotopic (exact) mass is 1470 g/mol. The maximum Gasteiger partial charge on any atom is 0.408 e. The number of ketones is 1. The minimum Gasteiger partial charge on any atom is -0.489 e. The fourth-order valence-electron chi connectivity index (χ4n) is 10.8. The van der Waals surface area contributed by atoms with E-state index in [1.54, 1.807) is 176 Å². The fraction of sp³-hybridized carbons (Fsp3) is 0.400. The van der Waals surface area contributed by atoms with Gasteiger partial charge in [0, 0.05) is 31.4 Å². The van der Waals surface area contributed by atoms with Gasteiger partial charge in [-0.2, -0.15) is 0 Å². The number of esters is 1. The molecular formula is C80H100N10O17. The average molecular weight is 1470 g/mol. The number of carbonyl (C=O) groups is 12. The highest BCUT2D eigenvalue weighted by atomic mass is 16.6. The van der Waals surface area contributed by atoms with Crippen LogP contribution < -0.4 is 58.3 Å². The number of alkyl carbamates (subject to hydrolysis) is 2. The normalized spacial score (nSPS) is 13.1. The molecule has 0 heterocycles. The minimum atomic E-state index is -1.59. The van der Waals surface area contributed by atoms with Gasteiger partial charge in [-0.25, -0.2) is 9.59 Å². The number of benzene rings is 6. The second-order valence-corrected chi connectivity index (χ2v) is 27.3. The van der Waals surface area contributed by atoms with Crippen molar-refractivity contribution in [3.8, 4) is 5.75 Å². The zero-order valence-corrected chi connectivity index (χ0v) is 61.6. The van der Waals surface area contributed by atoms with Crippen molar-refractivity contribution in [3.05, 3.63) is 209 Å². The molecule has 6 rings (SSSR count). The molecule has 0 spiro atoms. The number of Topliss-reactive ketones (excluding diaryl/α,β-unsaturated/α-hetero) is 1. The molecule has 0 aliphatic carbocycles. The Morgan fingerprint density at radius 3 is 1.45 bits per heavy atom. The first-order chi connectivity index (χ1) is 51.2. The maximum absolute atomic E-state index is 14.8. The van der Waals surface area contributed by atoms with E-state index in [2.05, 4.69) is 47.9 Å². The number of hydrogen-bond donors (Lipinski definition) is 10. The van der Waals surface area contributed by atoms with Crippen LogP contribution in [0.1, 0.15) is 125 Å². The third-order valence-electron chi connectivity index (χ3n) is 16.4. The zero-order valence-electron chi connectivity index (χ0n) is 61.6. The molecule has 0 radical (unpaired) electrons. The van der Waals surface area contributed by atoms with Gasteiger partial charge < -0.3 is 77.3 Å². The van der Waals surface area contributed by atoms with Gasteiger partial charge >= 0.3 is 18.2 Å². The third-order valence-corrected chi connectivity index (χ3v) is 16.4. The highest BCUT2D eigenvalue weighted by molar-refractivity contribution is 5.99. The molecule has 0 saturated carbocycles. The zero-order chi connectivity index (χ0) is 77.7. The molecule has 572 valence electrons. The number of primary amides is 1. The van der Waals surface area contributed by atoms with Crippen molar-refractivity contribution in [3.63, 3.8) is 0 Å². The first kappa shape index (κ1) is 84.5. The van der Waals surface area contributed by atoms with E-state index in [-0.39, 0.29) is 57.8 Å². The average Bonchev–Trinajstić information content (AvgIpc) is 0.858. The standard InChI is InChI=1S/C80H100N10O17/c1-52(2)43-63(73(96)86-64(44-54-25-13-8-14-26-54)74(97)84-61(35-23-24-42-82-78(101)106-49-58-31-19-11-20-32-58)71(94)83-46-69(93)105-51-67(91)59-33-21-12-22-34-59)87-77(100)70(53(3)4)90-72(95)62(40-41-68(81)92)85-76(99)66(50-103-47-56-27-15-9-16-28-56)88-75(98)65(89-79(102)107-80(5,6)7)45-55-36-38-60(39-37-55)104-48-57-29-17-10-18-30-57/h8-22,25-34,36-39,52-53,61-66,70H,23-24,35,40-51H2,1-7H3,(H2,81,92)(H,82,101)(H,83,94)(H,84,97)(H,85,99)(H,86,96)(H,87,100)(H,88,98)(H,89,102)(H,90,95)/t61-,62-,63-,64-,65-,66-,70-/m0/s1. The highest BCUT2D eigenvalue weighted by Crippen LogP contribution is 2.18. The summed E-state index contributed by atoms with van der Waals surface area (Å²) in [5.74, 6) is -8.79. The number of rotatable bonds is 43. The van der Waals surface area contributed by atoms with Gasteiger partial charge in [0.15, 0.2) is 12.4 Å². The summed E-state index contributed by atoms with van der Waals surface area (Å²) < 4.78 is 28.0. The molecule has 6 aromatic carbocycles. The third kappa shape index (κ3) is 32.2. The number of unbranched alkanes of at least 4 members (excludes halogenated alkanes) is 1. The van der Waals surface area contributed by atoms with Crippen molar-refractivity contribution < 1.29 is 81.2 Å². The van der Waals surface area contributed by atoms with Crippen molar-refractivity contribution in [1.82, 2.24) is 47.9 Å². The van der Waals surface area contributed by atoms with Gasteiger partial charge in [0.05, 0.1) is 13.2 Å². The van der Waals surface area contributed by atoms with Crippen LogP contribution in [0.25, 0.3) is 0 Å². The van der Waals surface area contributed by atoms with Crippen LogP contribution >= 0.6 is 0 Å². The van der Waals surface area contributed by atoms with Crippen LogP contribution in [0.15, 0.2) is 176 Å². The number of nitrogens with one attached hydrogen (secondary N) is 9. The van der Waals surface area contributed by atoms with Crippen LogP contribution in [0.3, 0.4) is 0 Å². The number of nitrogens with two attached hydrogens (primary N) is 1. The Bertz CT molecular complexity index is 3850. The van der Waals surface area contributed by atoms with Gasteiger partial charge in [0.25, 0.3) is 0 Å². The molecule has 0 aliphatic rings. The summed E-state index contributed by atoms with van der Waals surface area (Å²) in [6.45, 7) is 10.4. The molecule has 0 aliphatic heterocycles. The largest absolute Gasteiger partial charge is 0.489 e. The lowest BCUT2D eigenvalue weighted by Gasteiger charge is -2.29. The second-order valence-electron chi connectivity index (χ2n) is 27.3. The Kier molecular flexibility index (Phi) is 35.0. The van der Waals surface area contributed by atoms with Crippen molar-refractivity contribution >= 4 is 71.2 Å². The van der Waals surface area contributed by atoms with E-state index in [4.69, 9.17) is 29.4 Å². The van der Waals surface area contributed by atoms with Crippen LogP contribution in [-0.4, -0.2) is 145 Å². The first-order valence-corrected chi connectivity index (χ1v) is 35.7. The van der Waals surface area contributed by atoms with E-state index in [0.29, 0.717) is 35.5 Å². The molecule has 0 fully saturated rings. The smallest absolute Gasteiger partial charge is 0.408 e. The van der Waals surface area contributed by atoms with E-state index in [1.165, 1.54) is 0 Å². The Morgan fingerprint density at radius 1 is 0.430 bits per heavy atom. The van der Waals surface area contributed by atoms with Gasteiger partial charge in [0.1, 0.15) is 73.4 Å². The molecular weight excluding hydrogens is 1370 g/mol. The Labute approximate surface area is 624 Å². The Balaban J connectivity index is 1.19. The molecule has 0 aromatic heterocycles. The van der Waals surface area contributed by atoms with Crippen LogP contribution in [0.2, 0.25) is 0 Å². The first-order valence-electron chi connectivity index (χ1n) is 35.7. The van der Waals surface area contributed by atoms with Crippen LogP contribution in [-0.2, 0) is 94.8 Å². The summed E-state index contributed by atoms with van der Waals surface area (Å²) in [5, 5.41) is 24.0. The molecule has 6 aromatic rings. The van der Waals surface area contributed by atoms with Crippen molar-refractivity contribution in [2.45, 2.75) is 168 Å². The van der Waals surface area contributed by atoms with Gasteiger partial charge in [-0.3, -0.25) is 47.9 Å². The molecule has 27 heteroatoms. The summed E-state index contributed by atoms with van der Waals surface area (Å²) in [5.41, 5.74) is 8.57. The number of ether oxygens (including phenoxy) is 5. The summed E-state index contributed by atoms with van der Waals surface area (Å²) >= 11 is 0. The lowest BCUT2D eigenvalue weighted by atomic mass is 9.98. The molecule has 0 unspecified atom stereocenters. The van der Waals surface area contributed by atoms with Gasteiger partial charge in [0.2, 0.25) is 47.3 Å². The second kappa shape index (κ2) is 44.4. The lowest BCUT2D eigenvalue weighted by molar-refractivity contribution is -0.143. The summed E-state index contributed by atoms with van der Waals surface area (Å²) in [6, 6.07) is 41.1. The molecule has 7 atom stereocenters. The molecule has 10 amide bonds. The molecule has 11 N–H and O–H groups in total. The van der Waals surface area contributed by atoms with Crippen molar-refractivity contribution in [1.29, 1.82) is 0 Å². The molecule has 0 saturated heterocycles.